The minimum atomic E-state index is -2.20. The highest BCUT2D eigenvalue weighted by molar-refractivity contribution is 7.65. The molecule has 182 valence electrons. The van der Waals surface area contributed by atoms with Crippen LogP contribution in [-0.4, -0.2) is 41.9 Å². The van der Waals surface area contributed by atoms with Gasteiger partial charge in [-0.05, 0) is 53.9 Å². The van der Waals surface area contributed by atoms with Crippen LogP contribution in [0.25, 0.3) is 10.4 Å². The summed E-state index contributed by atoms with van der Waals surface area (Å²) in [6.07, 6.45) is 0.727. The van der Waals surface area contributed by atoms with Crippen molar-refractivity contribution in [2.45, 2.75) is 45.6 Å². The van der Waals surface area contributed by atoms with E-state index in [1.807, 2.05) is 60.0 Å². The summed E-state index contributed by atoms with van der Waals surface area (Å²) in [5, 5.41) is 4.97. The van der Waals surface area contributed by atoms with E-state index in [0.717, 1.165) is 35.3 Å². The van der Waals surface area contributed by atoms with Gasteiger partial charge in [-0.1, -0.05) is 52.0 Å². The number of thiophene rings is 1. The molecule has 5 nitrogen and oxygen atoms in total. The normalized spacial score (nSPS) is 12.0. The Hall–Kier alpha value is -2.40. The number of nitrogens with two attached hydrogens (primary N) is 1. The van der Waals surface area contributed by atoms with Crippen molar-refractivity contribution >= 4 is 35.8 Å². The van der Waals surface area contributed by atoms with E-state index in [1.54, 1.807) is 11.3 Å². The molecule has 1 heterocycles. The van der Waals surface area contributed by atoms with Crippen LogP contribution < -0.4 is 11.1 Å². The zero-order valence-electron chi connectivity index (χ0n) is 20.7. The van der Waals surface area contributed by atoms with Gasteiger partial charge < -0.3 is 20.5 Å². The lowest BCUT2D eigenvalue weighted by Crippen LogP contribution is -2.25. The molecule has 0 unspecified atom stereocenters. The van der Waals surface area contributed by atoms with Gasteiger partial charge in [-0.15, -0.1) is 11.3 Å². The molecule has 3 N–H and O–H groups in total. The molecule has 1 aromatic heterocycles. The Balaban J connectivity index is 1.61. The Morgan fingerprint density at radius 3 is 2.32 bits per heavy atom. The highest BCUT2D eigenvalue weighted by Gasteiger charge is 2.30. The predicted molar refractivity (Wildman–Crippen MR) is 148 cm³/mol. The van der Waals surface area contributed by atoms with E-state index < -0.39 is 7.14 Å². The second kappa shape index (κ2) is 11.4. The van der Waals surface area contributed by atoms with Gasteiger partial charge in [0.25, 0.3) is 5.91 Å². The highest BCUT2D eigenvalue weighted by Crippen LogP contribution is 2.54. The predicted octanol–water partition coefficient (Wildman–Crippen LogP) is 6.86. The Morgan fingerprint density at radius 2 is 1.74 bits per heavy atom. The molecule has 0 radical (unpaired) electrons. The maximum Gasteiger partial charge on any atom is 0.255 e. The minimum Gasteiger partial charge on any atom is -0.397 e. The van der Waals surface area contributed by atoms with Crippen molar-refractivity contribution in [3.63, 3.8) is 0 Å². The number of carbonyl (C=O) groups excluding carboxylic acids is 1. The first-order valence-corrected chi connectivity index (χ1v) is 14.6. The van der Waals surface area contributed by atoms with Crippen molar-refractivity contribution in [2.24, 2.45) is 0 Å². The number of nitrogens with one attached hydrogen (secondary N) is 1. The second-order valence-corrected chi connectivity index (χ2v) is 14.6. The van der Waals surface area contributed by atoms with E-state index in [0.29, 0.717) is 16.9 Å². The van der Waals surface area contributed by atoms with E-state index in [9.17, 15) is 9.36 Å². The first kappa shape index (κ1) is 26.2. The highest BCUT2D eigenvalue weighted by atomic mass is 32.1. The number of amides is 1. The average molecular weight is 498 g/mol. The fourth-order valence-electron chi connectivity index (χ4n) is 4.05. The van der Waals surface area contributed by atoms with E-state index in [4.69, 9.17) is 5.73 Å². The molecule has 0 spiro atoms. The number of hydrogen-bond acceptors (Lipinski definition) is 5. The molecule has 0 aliphatic heterocycles. The Bertz CT molecular complexity index is 1130. The number of nitrogens with zero attached hydrogens (tertiary/aromatic N) is 1. The quantitative estimate of drug-likeness (QED) is 0.237. The van der Waals surface area contributed by atoms with Crippen LogP contribution in [0.2, 0.25) is 0 Å². The summed E-state index contributed by atoms with van der Waals surface area (Å²) < 4.78 is 13.3. The molecule has 34 heavy (non-hydrogen) atoms. The summed E-state index contributed by atoms with van der Waals surface area (Å²) in [6, 6.07) is 17.4. The Kier molecular flexibility index (Phi) is 8.75. The maximum absolute atomic E-state index is 13.3. The summed E-state index contributed by atoms with van der Waals surface area (Å²) in [5.41, 5.74) is 10.4. The van der Waals surface area contributed by atoms with E-state index in [2.05, 4.69) is 45.0 Å². The minimum absolute atomic E-state index is 0.190. The molecule has 7 heteroatoms. The monoisotopic (exact) mass is 497 g/mol. The van der Waals surface area contributed by atoms with Gasteiger partial charge in [0, 0.05) is 41.0 Å². The largest absolute Gasteiger partial charge is 0.397 e. The van der Waals surface area contributed by atoms with Crippen LogP contribution in [0.4, 0.5) is 11.4 Å². The topological polar surface area (TPSA) is 75.4 Å². The van der Waals surface area contributed by atoms with Crippen LogP contribution in [-0.2, 0) is 11.1 Å². The van der Waals surface area contributed by atoms with Crippen LogP contribution in [0.1, 0.15) is 43.6 Å². The van der Waals surface area contributed by atoms with Crippen molar-refractivity contribution < 1.29 is 9.36 Å². The van der Waals surface area contributed by atoms with Gasteiger partial charge in [-0.2, -0.15) is 0 Å². The summed E-state index contributed by atoms with van der Waals surface area (Å²) >= 11 is 1.65. The lowest BCUT2D eigenvalue weighted by atomic mass is 10.1. The number of anilines is 2. The van der Waals surface area contributed by atoms with Crippen LogP contribution in [0.3, 0.4) is 0 Å². The summed E-state index contributed by atoms with van der Waals surface area (Å²) in [6.45, 7) is 9.80. The third kappa shape index (κ3) is 6.38. The van der Waals surface area contributed by atoms with Gasteiger partial charge in [-0.3, -0.25) is 4.79 Å². The molecule has 0 saturated heterocycles. The van der Waals surface area contributed by atoms with Crippen LogP contribution in [0.5, 0.6) is 0 Å². The van der Waals surface area contributed by atoms with Crippen LogP contribution in [0, 0.1) is 0 Å². The van der Waals surface area contributed by atoms with Crippen molar-refractivity contribution in [1.82, 2.24) is 4.90 Å². The van der Waals surface area contributed by atoms with Crippen molar-refractivity contribution in [2.75, 3.05) is 30.8 Å². The molecule has 0 fully saturated rings. The molecule has 0 aliphatic rings. The van der Waals surface area contributed by atoms with Gasteiger partial charge in [-0.25, -0.2) is 0 Å². The lowest BCUT2D eigenvalue weighted by molar-refractivity contribution is 0.102. The molecule has 0 saturated carbocycles. The Labute approximate surface area is 207 Å². The third-order valence-corrected chi connectivity index (χ3v) is 11.7. The summed E-state index contributed by atoms with van der Waals surface area (Å²) in [4.78, 5) is 16.2. The smallest absolute Gasteiger partial charge is 0.255 e. The number of hydrogen-bond donors (Lipinski definition) is 2. The number of carbonyl (C=O) groups is 1. The third-order valence-electron chi connectivity index (χ3n) is 6.36. The molecular weight excluding hydrogens is 461 g/mol. The fraction of sp³-hybridized carbons (Fsp3) is 0.370. The molecule has 1 amide bonds. The van der Waals surface area contributed by atoms with Gasteiger partial charge >= 0.3 is 0 Å². The first-order chi connectivity index (χ1) is 16.1. The molecule has 3 aromatic rings. The number of benzene rings is 2. The Morgan fingerprint density at radius 1 is 1.06 bits per heavy atom. The molecule has 2 aromatic carbocycles. The van der Waals surface area contributed by atoms with Gasteiger partial charge in [0.15, 0.2) is 0 Å². The van der Waals surface area contributed by atoms with Crippen LogP contribution in [0.15, 0.2) is 60.0 Å². The molecule has 0 atom stereocenters. The number of nitrogen functional groups attached to an aromatic ring is 1. The molecule has 3 rings (SSSR count). The zero-order valence-corrected chi connectivity index (χ0v) is 22.5. The summed E-state index contributed by atoms with van der Waals surface area (Å²) in [7, 11) is -0.154. The van der Waals surface area contributed by atoms with Gasteiger partial charge in [0.1, 0.15) is 0 Å². The van der Waals surface area contributed by atoms with Gasteiger partial charge in [0.05, 0.1) is 18.5 Å². The second-order valence-electron chi connectivity index (χ2n) is 9.43. The summed E-state index contributed by atoms with van der Waals surface area (Å²) in [5.74, 6) is -0.190. The SMILES string of the molecule is CC(C)P(=O)(CCN(C)Cc1ccc(C(=O)Nc2cc(-c3cccs3)ccc2N)cc1)C(C)C. The van der Waals surface area contributed by atoms with E-state index >= 15 is 0 Å². The fourth-order valence-corrected chi connectivity index (χ4v) is 7.65. The average Bonchev–Trinajstić information content (AvgIpc) is 3.34. The van der Waals surface area contributed by atoms with Crippen molar-refractivity contribution in [1.29, 1.82) is 0 Å². The lowest BCUT2D eigenvalue weighted by Gasteiger charge is -2.28. The van der Waals surface area contributed by atoms with Crippen LogP contribution >= 0.6 is 18.5 Å². The molecular formula is C27H36N3O2PS. The number of rotatable bonds is 10. The van der Waals surface area contributed by atoms with Crippen molar-refractivity contribution in [3.05, 3.63) is 71.1 Å². The molecule has 0 aliphatic carbocycles. The standard InChI is InChI=1S/C27H36N3O2PS/c1-19(2)33(32,20(3)4)15-14-30(5)18-21-8-10-22(11-9-21)27(31)29-25-17-23(12-13-24(25)28)26-7-6-16-34-26/h6-13,16-17,19-20H,14-15,18,28H2,1-5H3,(H,29,31). The van der Waals surface area contributed by atoms with Crippen molar-refractivity contribution in [3.8, 4) is 10.4 Å². The molecule has 0 bridgehead atoms. The van der Waals surface area contributed by atoms with E-state index in [1.165, 1.54) is 0 Å². The first-order valence-electron chi connectivity index (χ1n) is 11.7. The zero-order chi connectivity index (χ0) is 24.9. The maximum atomic E-state index is 13.3. The van der Waals surface area contributed by atoms with Gasteiger partial charge in [0.2, 0.25) is 0 Å². The van der Waals surface area contributed by atoms with E-state index in [-0.39, 0.29) is 17.2 Å².